The zero-order valence-electron chi connectivity index (χ0n) is 10.1. The van der Waals surface area contributed by atoms with Crippen LogP contribution < -0.4 is 0 Å². The molecule has 2 rings (SSSR count). The molecule has 0 spiro atoms. The van der Waals surface area contributed by atoms with Gasteiger partial charge in [-0.15, -0.1) is 0 Å². The van der Waals surface area contributed by atoms with Crippen molar-refractivity contribution in [3.63, 3.8) is 0 Å². The van der Waals surface area contributed by atoms with Crippen molar-refractivity contribution in [2.45, 2.75) is 12.6 Å². The van der Waals surface area contributed by atoms with E-state index in [1.54, 1.807) is 0 Å². The first-order chi connectivity index (χ1) is 9.36. The summed E-state index contributed by atoms with van der Waals surface area (Å²) in [6.45, 7) is 0. The van der Waals surface area contributed by atoms with E-state index in [0.29, 0.717) is 0 Å². The molecule has 0 aliphatic carbocycles. The molecule has 0 atom stereocenters. The molecule has 0 aliphatic rings. The van der Waals surface area contributed by atoms with Gasteiger partial charge in [-0.2, -0.15) is 13.2 Å². The molecular formula is C14H9F4NO. The van der Waals surface area contributed by atoms with Gasteiger partial charge in [-0.25, -0.2) is 4.39 Å². The van der Waals surface area contributed by atoms with Crippen LogP contribution in [0.15, 0.2) is 42.7 Å². The maximum Gasteiger partial charge on any atom is 0.416 e. The van der Waals surface area contributed by atoms with Crippen LogP contribution in [0.4, 0.5) is 17.6 Å². The standard InChI is InChI=1S/C14H9F4NO/c15-12-6-10(7-19-8-12)13(20)5-9-2-1-3-11(4-9)14(16,17)18/h1-4,6-8H,5H2. The van der Waals surface area contributed by atoms with Crippen LogP contribution in [0, 0.1) is 5.82 Å². The second-order valence-corrected chi connectivity index (χ2v) is 4.19. The highest BCUT2D eigenvalue weighted by Crippen LogP contribution is 2.29. The molecule has 0 N–H and O–H groups in total. The Bertz CT molecular complexity index is 637. The molecule has 20 heavy (non-hydrogen) atoms. The molecule has 1 aromatic heterocycles. The van der Waals surface area contributed by atoms with E-state index in [4.69, 9.17) is 0 Å². The number of halogens is 4. The zero-order chi connectivity index (χ0) is 14.8. The Balaban J connectivity index is 2.20. The van der Waals surface area contributed by atoms with E-state index >= 15 is 0 Å². The fourth-order valence-electron chi connectivity index (χ4n) is 1.71. The first-order valence-electron chi connectivity index (χ1n) is 5.66. The van der Waals surface area contributed by atoms with Crippen LogP contribution in [0.3, 0.4) is 0 Å². The van der Waals surface area contributed by atoms with Gasteiger partial charge in [0.1, 0.15) is 5.82 Å². The maximum atomic E-state index is 12.9. The number of hydrogen-bond acceptors (Lipinski definition) is 2. The first kappa shape index (κ1) is 14.2. The summed E-state index contributed by atoms with van der Waals surface area (Å²) in [5, 5.41) is 0. The predicted molar refractivity (Wildman–Crippen MR) is 63.7 cm³/mol. The van der Waals surface area contributed by atoms with Gasteiger partial charge in [0.25, 0.3) is 0 Å². The summed E-state index contributed by atoms with van der Waals surface area (Å²) in [6, 6.07) is 5.49. The molecule has 0 bridgehead atoms. The second-order valence-electron chi connectivity index (χ2n) is 4.19. The number of pyridine rings is 1. The third-order valence-corrected chi connectivity index (χ3v) is 2.65. The van der Waals surface area contributed by atoms with E-state index in [1.807, 2.05) is 0 Å². The van der Waals surface area contributed by atoms with Crippen molar-refractivity contribution < 1.29 is 22.4 Å². The number of rotatable bonds is 3. The van der Waals surface area contributed by atoms with Gasteiger partial charge in [0.15, 0.2) is 5.78 Å². The van der Waals surface area contributed by atoms with Gasteiger partial charge < -0.3 is 0 Å². The predicted octanol–water partition coefficient (Wildman–Crippen LogP) is 3.66. The fourth-order valence-corrected chi connectivity index (χ4v) is 1.71. The Kier molecular flexibility index (Phi) is 3.83. The van der Waals surface area contributed by atoms with Crippen molar-refractivity contribution >= 4 is 5.78 Å². The van der Waals surface area contributed by atoms with Crippen LogP contribution in [0.1, 0.15) is 21.5 Å². The molecule has 0 aliphatic heterocycles. The van der Waals surface area contributed by atoms with Crippen molar-refractivity contribution in [3.05, 3.63) is 65.2 Å². The van der Waals surface area contributed by atoms with Crippen molar-refractivity contribution in [3.8, 4) is 0 Å². The van der Waals surface area contributed by atoms with Gasteiger partial charge in [0.05, 0.1) is 11.8 Å². The number of carbonyl (C=O) groups is 1. The summed E-state index contributed by atoms with van der Waals surface area (Å²) in [5.41, 5.74) is -0.573. The topological polar surface area (TPSA) is 30.0 Å². The zero-order valence-corrected chi connectivity index (χ0v) is 10.1. The Morgan fingerprint density at radius 2 is 1.90 bits per heavy atom. The molecule has 0 saturated carbocycles. The Hall–Kier alpha value is -2.24. The van der Waals surface area contributed by atoms with Crippen LogP contribution in [0.25, 0.3) is 0 Å². The fraction of sp³-hybridized carbons (Fsp3) is 0.143. The largest absolute Gasteiger partial charge is 0.416 e. The second kappa shape index (κ2) is 5.40. The molecule has 1 aromatic carbocycles. The van der Waals surface area contributed by atoms with Crippen LogP contribution in [0.2, 0.25) is 0 Å². The van der Waals surface area contributed by atoms with Gasteiger partial charge in [0.2, 0.25) is 0 Å². The summed E-state index contributed by atoms with van der Waals surface area (Å²) in [7, 11) is 0. The van der Waals surface area contributed by atoms with Crippen LogP contribution in [-0.2, 0) is 12.6 Å². The summed E-state index contributed by atoms with van der Waals surface area (Å²) in [5.74, 6) is -1.16. The van der Waals surface area contributed by atoms with Crippen LogP contribution in [0.5, 0.6) is 0 Å². The Morgan fingerprint density at radius 1 is 1.15 bits per heavy atom. The summed E-state index contributed by atoms with van der Waals surface area (Å²) >= 11 is 0. The lowest BCUT2D eigenvalue weighted by Gasteiger charge is -2.08. The van der Waals surface area contributed by atoms with Crippen molar-refractivity contribution in [2.75, 3.05) is 0 Å². The first-order valence-corrected chi connectivity index (χ1v) is 5.66. The lowest BCUT2D eigenvalue weighted by Crippen LogP contribution is -2.08. The maximum absolute atomic E-state index is 12.9. The van der Waals surface area contributed by atoms with E-state index in [2.05, 4.69) is 4.98 Å². The Labute approximate surface area is 112 Å². The lowest BCUT2D eigenvalue weighted by molar-refractivity contribution is -0.137. The number of Topliss-reactive ketones (excluding diaryl/α,β-unsaturated/α-hetero) is 1. The quantitative estimate of drug-likeness (QED) is 0.635. The Morgan fingerprint density at radius 3 is 2.55 bits per heavy atom. The van der Waals surface area contributed by atoms with E-state index < -0.39 is 23.3 Å². The normalized spacial score (nSPS) is 11.4. The minimum atomic E-state index is -4.46. The SMILES string of the molecule is O=C(Cc1cccc(C(F)(F)F)c1)c1cncc(F)c1. The molecule has 0 saturated heterocycles. The number of benzene rings is 1. The highest BCUT2D eigenvalue weighted by molar-refractivity contribution is 5.97. The summed E-state index contributed by atoms with van der Waals surface area (Å²) in [4.78, 5) is 15.4. The molecule has 104 valence electrons. The molecular weight excluding hydrogens is 274 g/mol. The molecule has 1 heterocycles. The highest BCUT2D eigenvalue weighted by atomic mass is 19.4. The number of carbonyl (C=O) groups excluding carboxylic acids is 1. The van der Waals surface area contributed by atoms with E-state index in [-0.39, 0.29) is 17.5 Å². The monoisotopic (exact) mass is 283 g/mol. The van der Waals surface area contributed by atoms with Gasteiger partial charge in [0, 0.05) is 18.2 Å². The number of ketones is 1. The molecule has 0 amide bonds. The number of alkyl halides is 3. The highest BCUT2D eigenvalue weighted by Gasteiger charge is 2.30. The molecule has 0 unspecified atom stereocenters. The smallest absolute Gasteiger partial charge is 0.294 e. The van der Waals surface area contributed by atoms with Crippen molar-refractivity contribution in [1.82, 2.24) is 4.98 Å². The van der Waals surface area contributed by atoms with Crippen molar-refractivity contribution in [1.29, 1.82) is 0 Å². The van der Waals surface area contributed by atoms with Crippen LogP contribution in [-0.4, -0.2) is 10.8 Å². The van der Waals surface area contributed by atoms with E-state index in [1.165, 1.54) is 18.3 Å². The summed E-state index contributed by atoms with van der Waals surface area (Å²) < 4.78 is 50.5. The molecule has 6 heteroatoms. The average molecular weight is 283 g/mol. The minimum Gasteiger partial charge on any atom is -0.294 e. The van der Waals surface area contributed by atoms with Crippen LogP contribution >= 0.6 is 0 Å². The van der Waals surface area contributed by atoms with Crippen molar-refractivity contribution in [2.24, 2.45) is 0 Å². The number of nitrogens with zero attached hydrogens (tertiary/aromatic N) is 1. The van der Waals surface area contributed by atoms with Gasteiger partial charge in [-0.1, -0.05) is 18.2 Å². The molecule has 2 nitrogen and oxygen atoms in total. The average Bonchev–Trinajstić information content (AvgIpc) is 2.38. The molecule has 0 radical (unpaired) electrons. The lowest BCUT2D eigenvalue weighted by atomic mass is 10.0. The third-order valence-electron chi connectivity index (χ3n) is 2.65. The summed E-state index contributed by atoms with van der Waals surface area (Å²) in [6.07, 6.45) is -2.57. The number of aromatic nitrogens is 1. The molecule has 0 fully saturated rings. The molecule has 2 aromatic rings. The van der Waals surface area contributed by atoms with Gasteiger partial charge >= 0.3 is 6.18 Å². The van der Waals surface area contributed by atoms with E-state index in [9.17, 15) is 22.4 Å². The van der Waals surface area contributed by atoms with E-state index in [0.717, 1.165) is 24.4 Å². The number of hydrogen-bond donors (Lipinski definition) is 0. The van der Waals surface area contributed by atoms with Gasteiger partial charge in [-0.3, -0.25) is 9.78 Å². The van der Waals surface area contributed by atoms with Gasteiger partial charge in [-0.05, 0) is 17.7 Å². The third kappa shape index (κ3) is 3.40. The minimum absolute atomic E-state index is 0.0300.